The molecular weight excluding hydrogens is 648 g/mol. The Bertz CT molecular complexity index is 1990. The first-order chi connectivity index (χ1) is 22.4. The predicted molar refractivity (Wildman–Crippen MR) is 176 cm³/mol. The van der Waals surface area contributed by atoms with Gasteiger partial charge < -0.3 is 23.6 Å². The fourth-order valence-electron chi connectivity index (χ4n) is 5.54. The van der Waals surface area contributed by atoms with E-state index < -0.39 is 17.4 Å². The smallest absolute Gasteiger partial charge is 0.356 e. The Morgan fingerprint density at radius 3 is 2.70 bits per heavy atom. The molecule has 3 aromatic carbocycles. The highest BCUT2D eigenvalue weighted by Crippen LogP contribution is 2.46. The molecule has 4 heterocycles. The van der Waals surface area contributed by atoms with Gasteiger partial charge in [0.05, 0.1) is 25.7 Å². The number of furan rings is 2. The van der Waals surface area contributed by atoms with Crippen LogP contribution in [0, 0.1) is 0 Å². The number of amides is 2. The van der Waals surface area contributed by atoms with E-state index in [1.54, 1.807) is 31.4 Å². The van der Waals surface area contributed by atoms with Crippen molar-refractivity contribution in [2.75, 3.05) is 12.9 Å². The number of nitrogens with one attached hydrogen (secondary N) is 1. The van der Waals surface area contributed by atoms with Gasteiger partial charge in [0.2, 0.25) is 5.91 Å². The third kappa shape index (κ3) is 5.74. The number of carbonyl (C=O) groups excluding carboxylic acids is 3. The third-order valence-corrected chi connectivity index (χ3v) is 10.6. The molecule has 0 radical (unpaired) electrons. The first kappa shape index (κ1) is 30.3. The molecule has 5 aromatic rings. The zero-order chi connectivity index (χ0) is 31.8. The molecule has 2 aliphatic rings. The van der Waals surface area contributed by atoms with Crippen molar-refractivity contribution < 1.29 is 32.7 Å². The molecule has 46 heavy (non-hydrogen) atoms. The normalized spacial score (nSPS) is 17.6. The molecule has 0 spiro atoms. The molecule has 234 valence electrons. The summed E-state index contributed by atoms with van der Waals surface area (Å²) in [5, 5.41) is 4.30. The van der Waals surface area contributed by atoms with Crippen molar-refractivity contribution >= 4 is 74.8 Å². The van der Waals surface area contributed by atoms with Crippen molar-refractivity contribution in [1.82, 2.24) is 10.2 Å². The number of hydrogen-bond donors (Lipinski definition) is 1. The number of hydrogen-bond acceptors (Lipinski definition) is 9. The summed E-state index contributed by atoms with van der Waals surface area (Å²) in [6, 6.07) is 21.6. The van der Waals surface area contributed by atoms with E-state index in [9.17, 15) is 14.4 Å². The molecule has 0 saturated carbocycles. The van der Waals surface area contributed by atoms with Gasteiger partial charge in [-0.25, -0.2) is 4.79 Å². The SMILES string of the molecule is COc1ccc(COC(=O)C2=C(Sc3ccc4c(c3)oc3c(CCl)cccc34)CS[C@H]3[C@H](NC(=O)Cc4ccco4)C(=O)N23)cc1. The first-order valence-electron chi connectivity index (χ1n) is 14.4. The van der Waals surface area contributed by atoms with Gasteiger partial charge in [0.1, 0.15) is 46.4 Å². The van der Waals surface area contributed by atoms with E-state index in [2.05, 4.69) is 5.32 Å². The van der Waals surface area contributed by atoms with E-state index in [1.807, 2.05) is 48.5 Å². The number of fused-ring (bicyclic) bond motifs is 4. The maximum atomic E-state index is 13.7. The molecule has 2 aromatic heterocycles. The second kappa shape index (κ2) is 12.8. The van der Waals surface area contributed by atoms with Gasteiger partial charge in [-0.3, -0.25) is 14.5 Å². The minimum absolute atomic E-state index is 0.0124. The predicted octanol–water partition coefficient (Wildman–Crippen LogP) is 6.62. The monoisotopic (exact) mass is 674 g/mol. The van der Waals surface area contributed by atoms with Gasteiger partial charge >= 0.3 is 5.97 Å². The lowest BCUT2D eigenvalue weighted by molar-refractivity contribution is -0.153. The topological polar surface area (TPSA) is 111 Å². The van der Waals surface area contributed by atoms with Crippen LogP contribution in [0.15, 0.2) is 103 Å². The first-order valence-corrected chi connectivity index (χ1v) is 16.8. The van der Waals surface area contributed by atoms with Gasteiger partial charge in [0.25, 0.3) is 5.91 Å². The van der Waals surface area contributed by atoms with Gasteiger partial charge in [0, 0.05) is 31.9 Å². The van der Waals surface area contributed by atoms with Crippen molar-refractivity contribution in [3.8, 4) is 5.75 Å². The number of halogens is 1. The molecule has 2 atom stereocenters. The highest BCUT2D eigenvalue weighted by molar-refractivity contribution is 8.06. The lowest BCUT2D eigenvalue weighted by atomic mass is 10.0. The summed E-state index contributed by atoms with van der Waals surface area (Å²) in [6.45, 7) is 0.0152. The highest BCUT2D eigenvalue weighted by Gasteiger charge is 2.54. The Kier molecular flexibility index (Phi) is 8.46. The maximum Gasteiger partial charge on any atom is 0.356 e. The summed E-state index contributed by atoms with van der Waals surface area (Å²) in [6.07, 6.45) is 1.51. The fraction of sp³-hybridized carbons (Fsp3) is 0.206. The molecule has 9 nitrogen and oxygen atoms in total. The van der Waals surface area contributed by atoms with Crippen molar-refractivity contribution in [2.24, 2.45) is 0 Å². The Morgan fingerprint density at radius 2 is 1.93 bits per heavy atom. The number of nitrogens with zero attached hydrogens (tertiary/aromatic N) is 1. The molecule has 1 N–H and O–H groups in total. The number of β-lactam (4-membered cyclic amide) rings is 1. The quantitative estimate of drug-likeness (QED) is 0.0993. The number of benzene rings is 3. The molecule has 0 aliphatic carbocycles. The zero-order valence-corrected chi connectivity index (χ0v) is 26.9. The van der Waals surface area contributed by atoms with Crippen LogP contribution >= 0.6 is 35.1 Å². The van der Waals surface area contributed by atoms with E-state index in [0.29, 0.717) is 33.6 Å². The number of alkyl halides is 1. The third-order valence-electron chi connectivity index (χ3n) is 7.82. The molecule has 7 rings (SSSR count). The van der Waals surface area contributed by atoms with Gasteiger partial charge in [-0.05, 0) is 48.0 Å². The van der Waals surface area contributed by atoms with Crippen molar-refractivity contribution in [2.45, 2.75) is 35.2 Å². The summed E-state index contributed by atoms with van der Waals surface area (Å²) in [5.74, 6) is 0.632. The van der Waals surface area contributed by atoms with Crippen LogP contribution in [0.2, 0.25) is 0 Å². The molecular formula is C34H27ClN2O7S2. The van der Waals surface area contributed by atoms with Gasteiger partial charge in [0.15, 0.2) is 0 Å². The Balaban J connectivity index is 1.16. The van der Waals surface area contributed by atoms with Crippen LogP contribution in [-0.2, 0) is 38.0 Å². The Labute approximate surface area is 277 Å². The number of ether oxygens (including phenoxy) is 2. The molecule has 0 unspecified atom stereocenters. The minimum Gasteiger partial charge on any atom is -0.497 e. The maximum absolute atomic E-state index is 13.7. The molecule has 0 bridgehead atoms. The van der Waals surface area contributed by atoms with Crippen LogP contribution in [0.4, 0.5) is 0 Å². The summed E-state index contributed by atoms with van der Waals surface area (Å²) >= 11 is 9.01. The number of carbonyl (C=O) groups is 3. The van der Waals surface area contributed by atoms with Crippen LogP contribution in [0.3, 0.4) is 0 Å². The zero-order valence-electron chi connectivity index (χ0n) is 24.5. The van der Waals surface area contributed by atoms with E-state index in [4.69, 9.17) is 29.9 Å². The van der Waals surface area contributed by atoms with Crippen LogP contribution < -0.4 is 10.1 Å². The van der Waals surface area contributed by atoms with Gasteiger partial charge in [-0.1, -0.05) is 42.1 Å². The Morgan fingerprint density at radius 1 is 1.09 bits per heavy atom. The van der Waals surface area contributed by atoms with Crippen LogP contribution in [0.25, 0.3) is 21.9 Å². The van der Waals surface area contributed by atoms with Crippen LogP contribution in [0.1, 0.15) is 16.9 Å². The summed E-state index contributed by atoms with van der Waals surface area (Å²) < 4.78 is 22.4. The summed E-state index contributed by atoms with van der Waals surface area (Å²) in [4.78, 5) is 42.9. The molecule has 1 saturated heterocycles. The van der Waals surface area contributed by atoms with Crippen LogP contribution in [0.5, 0.6) is 5.75 Å². The highest BCUT2D eigenvalue weighted by atomic mass is 35.5. The molecule has 2 aliphatic heterocycles. The van der Waals surface area contributed by atoms with Gasteiger partial charge in [-0.15, -0.1) is 23.4 Å². The number of thioether (sulfide) groups is 2. The summed E-state index contributed by atoms with van der Waals surface area (Å²) in [7, 11) is 1.58. The number of esters is 1. The summed E-state index contributed by atoms with van der Waals surface area (Å²) in [5.41, 5.74) is 3.31. The number of para-hydroxylation sites is 1. The average Bonchev–Trinajstić information content (AvgIpc) is 3.73. The van der Waals surface area contributed by atoms with Crippen LogP contribution in [-0.4, -0.2) is 47.0 Å². The van der Waals surface area contributed by atoms with E-state index in [-0.39, 0.29) is 30.5 Å². The number of methoxy groups -OCH3 is 1. The van der Waals surface area contributed by atoms with Gasteiger partial charge in [-0.2, -0.15) is 0 Å². The standard InChI is InChI=1S/C34H27ClN2O7S2/c1-41-21-9-7-19(8-10-21)17-43-34(40)30-27(18-45-33-29(32(39)37(30)33)36-28(38)14-22-5-3-13-42-22)46-23-11-12-24-25-6-2-4-20(16-35)31(25)44-26(24)15-23/h2-13,15,29,33H,14,16-18H2,1H3,(H,36,38)/t29-,33+/m1/s1. The van der Waals surface area contributed by atoms with Crippen molar-refractivity contribution in [3.63, 3.8) is 0 Å². The molecule has 2 amide bonds. The lowest BCUT2D eigenvalue weighted by Gasteiger charge is -2.49. The van der Waals surface area contributed by atoms with Crippen molar-refractivity contribution in [1.29, 1.82) is 0 Å². The fourth-order valence-corrected chi connectivity index (χ4v) is 8.25. The van der Waals surface area contributed by atoms with E-state index in [1.165, 1.54) is 34.7 Å². The molecule has 1 fully saturated rings. The Hall–Kier alpha value is -4.32. The van der Waals surface area contributed by atoms with E-state index in [0.717, 1.165) is 32.4 Å². The molecule has 12 heteroatoms. The number of rotatable bonds is 10. The average molecular weight is 675 g/mol. The largest absolute Gasteiger partial charge is 0.497 e. The second-order valence-electron chi connectivity index (χ2n) is 10.7. The van der Waals surface area contributed by atoms with Crippen molar-refractivity contribution in [3.05, 3.63) is 107 Å². The minimum atomic E-state index is -0.772. The lowest BCUT2D eigenvalue weighted by Crippen LogP contribution is -2.70. The van der Waals surface area contributed by atoms with E-state index >= 15 is 0 Å². The second-order valence-corrected chi connectivity index (χ2v) is 13.2.